The van der Waals surface area contributed by atoms with Gasteiger partial charge in [0.2, 0.25) is 0 Å². The molecule has 0 bridgehead atoms. The zero-order valence-electron chi connectivity index (χ0n) is 18.4. The van der Waals surface area contributed by atoms with Crippen molar-refractivity contribution in [1.29, 1.82) is 0 Å². The average molecular weight is 638 g/mol. The minimum absolute atomic E-state index is 0. The Bertz CT molecular complexity index is 1160. The molecule has 7 heteroatoms. The van der Waals surface area contributed by atoms with Crippen molar-refractivity contribution in [3.05, 3.63) is 117 Å². The van der Waals surface area contributed by atoms with Gasteiger partial charge < -0.3 is 0 Å². The van der Waals surface area contributed by atoms with Crippen LogP contribution in [0.4, 0.5) is 0 Å². The first-order valence-electron chi connectivity index (χ1n) is 8.99. The fourth-order valence-electron chi connectivity index (χ4n) is 3.10. The number of aryl methyl sites for hydroxylation is 2. The molecule has 0 aliphatic rings. The van der Waals surface area contributed by atoms with E-state index in [-0.39, 0.29) is 21.1 Å². The smallest absolute Gasteiger partial charge is 0 e. The zero-order valence-corrected chi connectivity index (χ0v) is 22.3. The summed E-state index contributed by atoms with van der Waals surface area (Å²) < 4.78 is 37.5. The first-order chi connectivity index (χ1) is 16.2. The second kappa shape index (κ2) is 21.9. The van der Waals surface area contributed by atoms with Gasteiger partial charge >= 0.3 is 56.5 Å². The molecule has 1 aromatic heterocycles. The molecule has 4 aromatic rings. The summed E-state index contributed by atoms with van der Waals surface area (Å²) in [6, 6.07) is 26.7. The van der Waals surface area contributed by atoms with Crippen LogP contribution in [0.25, 0.3) is 32.5 Å². The molecule has 0 saturated carbocycles. The molecule has 1 atom stereocenters. The van der Waals surface area contributed by atoms with E-state index in [1.165, 1.54) is 43.6 Å². The summed E-state index contributed by atoms with van der Waals surface area (Å²) in [6.07, 6.45) is 0. The van der Waals surface area contributed by atoms with Gasteiger partial charge in [0.1, 0.15) is 0 Å². The molecule has 34 heavy (non-hydrogen) atoms. The first kappa shape index (κ1) is 35.7. The van der Waals surface area contributed by atoms with Crippen LogP contribution in [0, 0.1) is 47.1 Å². The topological polar surface area (TPSA) is 99.5 Å². The molecule has 5 nitrogen and oxygen atoms in total. The molecule has 0 saturated heterocycles. The molecule has 0 spiro atoms. The minimum Gasteiger partial charge on any atom is 0 e. The van der Waals surface area contributed by atoms with E-state index in [4.69, 9.17) is 23.3 Å². The van der Waals surface area contributed by atoms with E-state index in [1.807, 2.05) is 0 Å². The van der Waals surface area contributed by atoms with Crippen LogP contribution in [0.15, 0.2) is 72.8 Å². The van der Waals surface area contributed by atoms with Crippen molar-refractivity contribution in [1.82, 2.24) is 0 Å². The first-order valence-corrected chi connectivity index (χ1v) is 9.99. The third-order valence-corrected chi connectivity index (χ3v) is 5.88. The molecule has 1 heterocycles. The third kappa shape index (κ3) is 9.92. The van der Waals surface area contributed by atoms with Gasteiger partial charge in [-0.25, -0.2) is 0 Å². The van der Waals surface area contributed by atoms with Crippen LogP contribution in [0.3, 0.4) is 0 Å². The summed E-state index contributed by atoms with van der Waals surface area (Å²) >= 11 is 0. The number of rotatable bonds is 2. The van der Waals surface area contributed by atoms with Crippen molar-refractivity contribution in [2.24, 2.45) is 0 Å². The standard InChI is InChI=1S/C22H19P.5CO.W/c1-15-7-11-17(12-8-15)21-19-5-3-4-6-20(19)23-22(21)18-13-9-16(2)10-14-18;5*1-2;/h3-14,23H,1-2H3;;;;;;. The molecule has 0 radical (unpaired) electrons. The van der Waals surface area contributed by atoms with Gasteiger partial charge in [-0.1, -0.05) is 83.9 Å². The second-order valence-corrected chi connectivity index (χ2v) is 7.44. The summed E-state index contributed by atoms with van der Waals surface area (Å²) in [4.78, 5) is 0. The normalized spacial score (nSPS) is 8.00. The van der Waals surface area contributed by atoms with E-state index in [2.05, 4.69) is 120 Å². The third-order valence-electron chi connectivity index (χ3n) is 4.39. The zero-order chi connectivity index (χ0) is 25.8. The van der Waals surface area contributed by atoms with Crippen LogP contribution in [-0.4, -0.2) is 0 Å². The quantitative estimate of drug-likeness (QED) is 0.174. The molecule has 4 rings (SSSR count). The molecule has 168 valence electrons. The molecule has 0 N–H and O–H groups in total. The van der Waals surface area contributed by atoms with Crippen LogP contribution in [0.5, 0.6) is 0 Å². The Hall–Kier alpha value is -2.91. The molecule has 1 unspecified atom stereocenters. The Kier molecular flexibility index (Phi) is 23.0. The number of fused-ring (bicyclic) bond motifs is 1. The summed E-state index contributed by atoms with van der Waals surface area (Å²) in [5, 5.41) is 4.32. The van der Waals surface area contributed by atoms with Crippen molar-refractivity contribution in [2.75, 3.05) is 0 Å². The summed E-state index contributed by atoms with van der Waals surface area (Å²) in [5.41, 5.74) is 6.69. The molecule has 0 aliphatic heterocycles. The Balaban J connectivity index is -0.000000781. The fraction of sp³-hybridized carbons (Fsp3) is 0.0741. The number of benzene rings is 3. The Morgan fingerprint density at radius 1 is 0.529 bits per heavy atom. The van der Waals surface area contributed by atoms with Crippen molar-refractivity contribution in [3.8, 4) is 22.0 Å². The van der Waals surface area contributed by atoms with E-state index in [0.29, 0.717) is 0 Å². The largest absolute Gasteiger partial charge is 0 e. The number of hydrogen-bond donors (Lipinski definition) is 0. The fourth-order valence-corrected chi connectivity index (χ4v) is 4.61. The average Bonchev–Trinajstić information content (AvgIpc) is 3.30. The summed E-state index contributed by atoms with van der Waals surface area (Å²) in [7, 11) is 0.728. The molecule has 0 aliphatic carbocycles. The van der Waals surface area contributed by atoms with Crippen LogP contribution in [-0.2, 0) is 44.3 Å². The van der Waals surface area contributed by atoms with E-state index in [9.17, 15) is 0 Å². The second-order valence-electron chi connectivity index (χ2n) is 6.15. The van der Waals surface area contributed by atoms with Crippen molar-refractivity contribution >= 4 is 18.7 Å². The van der Waals surface area contributed by atoms with Crippen molar-refractivity contribution < 1.29 is 44.3 Å². The van der Waals surface area contributed by atoms with Gasteiger partial charge in [-0.2, -0.15) is 0 Å². The van der Waals surface area contributed by atoms with Gasteiger partial charge in [-0.15, -0.1) is 8.19 Å². The maximum absolute atomic E-state index is 7.50. The molecular formula is C27H19O5PW. The van der Waals surface area contributed by atoms with Crippen LogP contribution >= 0.6 is 8.19 Å². The van der Waals surface area contributed by atoms with Gasteiger partial charge in [0.25, 0.3) is 0 Å². The van der Waals surface area contributed by atoms with E-state index < -0.39 is 0 Å². The Labute approximate surface area is 215 Å². The van der Waals surface area contributed by atoms with Crippen molar-refractivity contribution in [2.45, 2.75) is 13.8 Å². The predicted octanol–water partition coefficient (Wildman–Crippen LogP) is 6.63. The maximum Gasteiger partial charge on any atom is 0 e. The summed E-state index contributed by atoms with van der Waals surface area (Å²) in [6.45, 7) is 26.8. The Morgan fingerprint density at radius 3 is 1.35 bits per heavy atom. The van der Waals surface area contributed by atoms with E-state index >= 15 is 0 Å². The van der Waals surface area contributed by atoms with Gasteiger partial charge in [0.15, 0.2) is 0 Å². The van der Waals surface area contributed by atoms with Gasteiger partial charge in [-0.05, 0) is 35.5 Å². The van der Waals surface area contributed by atoms with Crippen LogP contribution < -0.4 is 0 Å². The van der Waals surface area contributed by atoms with Crippen LogP contribution in [0.1, 0.15) is 11.1 Å². The monoisotopic (exact) mass is 638 g/mol. The molecule has 0 amide bonds. The van der Waals surface area contributed by atoms with E-state index in [1.54, 1.807) is 0 Å². The summed E-state index contributed by atoms with van der Waals surface area (Å²) in [5.74, 6) is 0. The maximum atomic E-state index is 7.50. The minimum atomic E-state index is 0. The molecule has 0 fully saturated rings. The van der Waals surface area contributed by atoms with E-state index in [0.717, 1.165) is 8.19 Å². The number of hydrogen-bond acceptors (Lipinski definition) is 0. The predicted molar refractivity (Wildman–Crippen MR) is 123 cm³/mol. The SMILES string of the molecule is Cc1ccc(-c2[pH]c3ccccc3c2-c2ccc(C)cc2)cc1.[C-]#[O+].[C-]#[O+].[C-]#[O+].[C-]#[O+].[C-]#[O+].[W]. The molecular weight excluding hydrogens is 619 g/mol. The Morgan fingerprint density at radius 2 is 0.912 bits per heavy atom. The molecule has 3 aromatic carbocycles. The van der Waals surface area contributed by atoms with Gasteiger partial charge in [0.05, 0.1) is 0 Å². The van der Waals surface area contributed by atoms with Gasteiger partial charge in [0, 0.05) is 31.9 Å². The van der Waals surface area contributed by atoms with Crippen LogP contribution in [0.2, 0.25) is 0 Å². The van der Waals surface area contributed by atoms with Gasteiger partial charge in [-0.3, -0.25) is 0 Å². The van der Waals surface area contributed by atoms with Crippen molar-refractivity contribution in [3.63, 3.8) is 0 Å².